The van der Waals surface area contributed by atoms with Crippen molar-refractivity contribution in [2.45, 2.75) is 69.9 Å². The molecule has 1 unspecified atom stereocenters. The fourth-order valence-electron chi connectivity index (χ4n) is 6.77. The van der Waals surface area contributed by atoms with Gasteiger partial charge >= 0.3 is 0 Å². The number of benzene rings is 1. The Balaban J connectivity index is 1.30. The zero-order valence-corrected chi connectivity index (χ0v) is 19.6. The van der Waals surface area contributed by atoms with E-state index in [1.54, 1.807) is 16.9 Å². The molecule has 5 fully saturated rings. The van der Waals surface area contributed by atoms with Crippen molar-refractivity contribution in [1.82, 2.24) is 19.7 Å². The van der Waals surface area contributed by atoms with E-state index in [9.17, 15) is 10.4 Å². The Labute approximate surface area is 197 Å². The molecule has 174 valence electrons. The van der Waals surface area contributed by atoms with Crippen molar-refractivity contribution in [3.05, 3.63) is 41.6 Å². The molecule has 8 heteroatoms. The van der Waals surface area contributed by atoms with Gasteiger partial charge in [0.15, 0.2) is 5.82 Å². The number of halogens is 1. The van der Waals surface area contributed by atoms with Gasteiger partial charge in [0.25, 0.3) is 0 Å². The third-order valence-corrected chi connectivity index (χ3v) is 9.33. The smallest absolute Gasteiger partial charge is 0.159 e. The minimum Gasteiger partial charge on any atom is -0.390 e. The number of nitrogens with zero attached hydrogens (tertiary/aromatic N) is 6. The molecule has 2 bridgehead atoms. The second-order valence-electron chi connectivity index (χ2n) is 11.6. The number of nitriles is 1. The number of anilines is 1. The van der Waals surface area contributed by atoms with Crippen molar-refractivity contribution in [2.75, 3.05) is 11.4 Å². The second kappa shape index (κ2) is 5.95. The molecular formula is C26H27FN6O. The standard InChI is InChI=1S/C26H27FN6O/c1-15-30-21(32-14-25(23(2,3)34)9-17(32)10-25)8-22(31-15)33-20-7-18(19(27)6-16(20)11-29-33)26(13-28)12-24(26)4-5-24/h6-8,11,17,34H,4-5,9-10,12,14H2,1-3H3. The lowest BCUT2D eigenvalue weighted by Crippen LogP contribution is -2.50. The van der Waals surface area contributed by atoms with Gasteiger partial charge < -0.3 is 10.0 Å². The van der Waals surface area contributed by atoms with Crippen molar-refractivity contribution < 1.29 is 9.50 Å². The Morgan fingerprint density at radius 2 is 1.91 bits per heavy atom. The van der Waals surface area contributed by atoms with Crippen molar-refractivity contribution in [3.63, 3.8) is 0 Å². The average molecular weight is 459 g/mol. The normalized spacial score (nSPS) is 30.5. The van der Waals surface area contributed by atoms with Gasteiger partial charge in [-0.1, -0.05) is 0 Å². The molecule has 3 saturated carbocycles. The molecule has 5 aliphatic rings. The second-order valence-corrected chi connectivity index (χ2v) is 11.6. The van der Waals surface area contributed by atoms with Crippen LogP contribution in [0.25, 0.3) is 16.7 Å². The molecule has 2 aliphatic heterocycles. The molecule has 1 aromatic carbocycles. The van der Waals surface area contributed by atoms with Gasteiger partial charge in [-0.05, 0) is 70.4 Å². The zero-order chi connectivity index (χ0) is 23.7. The van der Waals surface area contributed by atoms with Gasteiger partial charge in [-0.2, -0.15) is 10.4 Å². The van der Waals surface area contributed by atoms with Crippen LogP contribution in [0.1, 0.15) is 57.3 Å². The van der Waals surface area contributed by atoms with Gasteiger partial charge in [-0.15, -0.1) is 0 Å². The van der Waals surface area contributed by atoms with Crippen molar-refractivity contribution in [3.8, 4) is 11.9 Å². The predicted octanol–water partition coefficient (Wildman–Crippen LogP) is 3.95. The lowest BCUT2D eigenvalue weighted by molar-refractivity contribution is -0.0754. The lowest BCUT2D eigenvalue weighted by Gasteiger charge is -2.45. The monoisotopic (exact) mass is 458 g/mol. The number of aromatic nitrogens is 4. The molecule has 3 aliphatic carbocycles. The molecule has 8 rings (SSSR count). The third-order valence-electron chi connectivity index (χ3n) is 9.33. The molecule has 3 aromatic rings. The van der Waals surface area contributed by atoms with Crippen LogP contribution in [-0.4, -0.2) is 43.0 Å². The molecule has 1 spiro atoms. The zero-order valence-electron chi connectivity index (χ0n) is 19.6. The number of rotatable bonds is 4. The maximum Gasteiger partial charge on any atom is 0.159 e. The summed E-state index contributed by atoms with van der Waals surface area (Å²) in [6.07, 6.45) is 6.29. The summed E-state index contributed by atoms with van der Waals surface area (Å²) in [5.74, 6) is 1.76. The average Bonchev–Trinajstić information content (AvgIpc) is 3.44. The molecule has 1 N–H and O–H groups in total. The first-order chi connectivity index (χ1) is 16.1. The molecule has 4 heterocycles. The van der Waals surface area contributed by atoms with E-state index >= 15 is 4.39 Å². The lowest BCUT2D eigenvalue weighted by atomic mass is 9.61. The Morgan fingerprint density at radius 1 is 1.18 bits per heavy atom. The van der Waals surface area contributed by atoms with E-state index in [1.165, 1.54) is 6.07 Å². The topological polar surface area (TPSA) is 90.9 Å². The summed E-state index contributed by atoms with van der Waals surface area (Å²) in [4.78, 5) is 11.6. The van der Waals surface area contributed by atoms with E-state index in [-0.39, 0.29) is 16.6 Å². The first-order valence-electron chi connectivity index (χ1n) is 12.0. The van der Waals surface area contributed by atoms with E-state index in [2.05, 4.69) is 21.1 Å². The Bertz CT molecular complexity index is 1420. The number of fused-ring (bicyclic) bond motifs is 2. The maximum absolute atomic E-state index is 15.1. The molecule has 2 saturated heterocycles. The molecule has 2 aromatic heterocycles. The van der Waals surface area contributed by atoms with Gasteiger partial charge in [-0.25, -0.2) is 19.0 Å². The highest BCUT2D eigenvalue weighted by Gasteiger charge is 2.76. The van der Waals surface area contributed by atoms with Crippen LogP contribution >= 0.6 is 0 Å². The molecule has 0 amide bonds. The van der Waals surface area contributed by atoms with E-state index in [0.29, 0.717) is 28.6 Å². The summed E-state index contributed by atoms with van der Waals surface area (Å²) in [7, 11) is 0. The minimum absolute atomic E-state index is 0.0210. The highest BCUT2D eigenvalue weighted by molar-refractivity contribution is 5.82. The summed E-state index contributed by atoms with van der Waals surface area (Å²) in [5.41, 5.74) is -0.338. The first-order valence-corrected chi connectivity index (χ1v) is 12.0. The highest BCUT2D eigenvalue weighted by Crippen LogP contribution is 2.78. The SMILES string of the molecule is Cc1nc(N2CC3(C(C)(C)O)CC2C3)cc(-n2ncc3cc(F)c(C4(C#N)CC45CC5)cc32)n1. The fourth-order valence-corrected chi connectivity index (χ4v) is 6.77. The van der Waals surface area contributed by atoms with Crippen molar-refractivity contribution >= 4 is 16.7 Å². The summed E-state index contributed by atoms with van der Waals surface area (Å²) < 4.78 is 16.8. The van der Waals surface area contributed by atoms with Gasteiger partial charge in [-0.3, -0.25) is 0 Å². The molecule has 34 heavy (non-hydrogen) atoms. The largest absolute Gasteiger partial charge is 0.390 e. The van der Waals surface area contributed by atoms with E-state index < -0.39 is 11.0 Å². The Kier molecular flexibility index (Phi) is 3.56. The number of aryl methyl sites for hydroxylation is 1. The number of hydrogen-bond acceptors (Lipinski definition) is 6. The van der Waals surface area contributed by atoms with Crippen LogP contribution in [0.5, 0.6) is 0 Å². The molecule has 0 radical (unpaired) electrons. The van der Waals surface area contributed by atoms with Crippen LogP contribution in [0, 0.1) is 34.9 Å². The van der Waals surface area contributed by atoms with Crippen LogP contribution in [0.4, 0.5) is 10.2 Å². The highest BCUT2D eigenvalue weighted by atomic mass is 19.1. The third kappa shape index (κ3) is 2.41. The maximum atomic E-state index is 15.1. The van der Waals surface area contributed by atoms with E-state index in [0.717, 1.165) is 50.0 Å². The Morgan fingerprint density at radius 3 is 2.53 bits per heavy atom. The van der Waals surface area contributed by atoms with Crippen LogP contribution in [-0.2, 0) is 5.41 Å². The molecular weight excluding hydrogens is 431 g/mol. The van der Waals surface area contributed by atoms with Gasteiger partial charge in [0, 0.05) is 35.0 Å². The minimum atomic E-state index is -0.736. The van der Waals surface area contributed by atoms with Crippen LogP contribution in [0.15, 0.2) is 24.4 Å². The summed E-state index contributed by atoms with van der Waals surface area (Å²) in [5, 5.41) is 25.9. The van der Waals surface area contributed by atoms with Crippen molar-refractivity contribution in [1.29, 1.82) is 5.26 Å². The van der Waals surface area contributed by atoms with Crippen molar-refractivity contribution in [2.24, 2.45) is 10.8 Å². The summed E-state index contributed by atoms with van der Waals surface area (Å²) in [6, 6.07) is 8.04. The fraction of sp³-hybridized carbons (Fsp3) is 0.538. The Hall–Kier alpha value is -3.05. The van der Waals surface area contributed by atoms with Gasteiger partial charge in [0.2, 0.25) is 0 Å². The number of aliphatic hydroxyl groups is 1. The summed E-state index contributed by atoms with van der Waals surface area (Å²) >= 11 is 0. The van der Waals surface area contributed by atoms with Crippen LogP contribution in [0.2, 0.25) is 0 Å². The van der Waals surface area contributed by atoms with Crippen LogP contribution < -0.4 is 4.90 Å². The van der Waals surface area contributed by atoms with Crippen LogP contribution in [0.3, 0.4) is 0 Å². The quantitative estimate of drug-likeness (QED) is 0.637. The van der Waals surface area contributed by atoms with Gasteiger partial charge in [0.05, 0.1) is 28.8 Å². The number of hydrogen-bond donors (Lipinski definition) is 1. The molecule has 1 atom stereocenters. The summed E-state index contributed by atoms with van der Waals surface area (Å²) in [6.45, 7) is 6.42. The predicted molar refractivity (Wildman–Crippen MR) is 124 cm³/mol. The van der Waals surface area contributed by atoms with E-state index in [1.807, 2.05) is 26.8 Å². The molecule has 7 nitrogen and oxygen atoms in total. The first kappa shape index (κ1) is 20.3. The van der Waals surface area contributed by atoms with E-state index in [4.69, 9.17) is 4.98 Å². The van der Waals surface area contributed by atoms with Gasteiger partial charge in [0.1, 0.15) is 17.5 Å².